The maximum absolute atomic E-state index is 12.2. The Kier molecular flexibility index (Phi) is 5.92. The van der Waals surface area contributed by atoms with E-state index in [1.165, 1.54) is 7.05 Å². The molecule has 2 rings (SSSR count). The van der Waals surface area contributed by atoms with Gasteiger partial charge < -0.3 is 10.1 Å². The van der Waals surface area contributed by atoms with Crippen LogP contribution in [0.25, 0.3) is 0 Å². The molecule has 0 aliphatic heterocycles. The Morgan fingerprint density at radius 1 is 1.16 bits per heavy atom. The van der Waals surface area contributed by atoms with Gasteiger partial charge in [0, 0.05) is 7.05 Å². The summed E-state index contributed by atoms with van der Waals surface area (Å²) in [5.74, 6) is 0.109. The van der Waals surface area contributed by atoms with Gasteiger partial charge in [-0.1, -0.05) is 23.7 Å². The third-order valence-electron chi connectivity index (χ3n) is 3.51. The molecule has 8 heteroatoms. The summed E-state index contributed by atoms with van der Waals surface area (Å²) < 4.78 is 29.8. The Morgan fingerprint density at radius 2 is 1.76 bits per heavy atom. The first kappa shape index (κ1) is 19.1. The van der Waals surface area contributed by atoms with Crippen molar-refractivity contribution >= 4 is 38.9 Å². The Labute approximate surface area is 152 Å². The van der Waals surface area contributed by atoms with Crippen LogP contribution in [0.5, 0.6) is 5.75 Å². The first-order valence-electron chi connectivity index (χ1n) is 7.44. The van der Waals surface area contributed by atoms with E-state index >= 15 is 0 Å². The van der Waals surface area contributed by atoms with E-state index in [2.05, 4.69) is 5.32 Å². The molecule has 0 aliphatic carbocycles. The molecule has 0 unspecified atom stereocenters. The predicted molar refractivity (Wildman–Crippen MR) is 99.9 cm³/mol. The number of hydrogen-bond acceptors (Lipinski definition) is 4. The summed E-state index contributed by atoms with van der Waals surface area (Å²) in [4.78, 5) is 12.2. The minimum absolute atomic E-state index is 0.342. The van der Waals surface area contributed by atoms with Crippen molar-refractivity contribution in [2.24, 2.45) is 0 Å². The Morgan fingerprint density at radius 3 is 2.32 bits per heavy atom. The van der Waals surface area contributed by atoms with E-state index in [0.717, 1.165) is 10.6 Å². The molecule has 0 saturated heterocycles. The van der Waals surface area contributed by atoms with Crippen LogP contribution in [-0.2, 0) is 14.8 Å². The number of nitrogens with zero attached hydrogens (tertiary/aromatic N) is 1. The molecule has 0 saturated carbocycles. The molecule has 6 nitrogen and oxygen atoms in total. The number of benzene rings is 2. The van der Waals surface area contributed by atoms with Crippen LogP contribution >= 0.6 is 11.6 Å². The molecule has 0 fully saturated rings. The van der Waals surface area contributed by atoms with E-state index in [9.17, 15) is 13.2 Å². The fourth-order valence-electron chi connectivity index (χ4n) is 1.98. The van der Waals surface area contributed by atoms with Crippen molar-refractivity contribution in [3.63, 3.8) is 0 Å². The summed E-state index contributed by atoms with van der Waals surface area (Å²) in [7, 11) is -1.86. The molecule has 1 N–H and O–H groups in total. The van der Waals surface area contributed by atoms with Crippen LogP contribution in [-0.4, -0.2) is 33.7 Å². The maximum Gasteiger partial charge on any atom is 0.265 e. The zero-order valence-corrected chi connectivity index (χ0v) is 15.6. The number of nitrogens with one attached hydrogen (secondary N) is 1. The maximum atomic E-state index is 12.2. The third kappa shape index (κ3) is 5.11. The molecule has 1 amide bonds. The largest absolute Gasteiger partial charge is 0.481 e. The van der Waals surface area contributed by atoms with E-state index < -0.39 is 16.1 Å². The number of sulfonamides is 1. The van der Waals surface area contributed by atoms with Crippen LogP contribution in [0.1, 0.15) is 6.92 Å². The van der Waals surface area contributed by atoms with Gasteiger partial charge in [-0.3, -0.25) is 9.10 Å². The number of carbonyl (C=O) groups is 1. The number of carbonyl (C=O) groups excluding carboxylic acids is 1. The van der Waals surface area contributed by atoms with Gasteiger partial charge in [0.25, 0.3) is 5.91 Å². The monoisotopic (exact) mass is 382 g/mol. The highest BCUT2D eigenvalue weighted by atomic mass is 35.5. The first-order valence-corrected chi connectivity index (χ1v) is 9.67. The SMILES string of the molecule is C[C@@H](Oc1ccc(N(C)S(C)(=O)=O)cc1)C(=O)Nc1ccccc1Cl. The zero-order chi connectivity index (χ0) is 18.6. The van der Waals surface area contributed by atoms with Gasteiger partial charge in [0.15, 0.2) is 6.10 Å². The van der Waals surface area contributed by atoms with E-state index in [1.54, 1.807) is 55.5 Å². The van der Waals surface area contributed by atoms with Crippen molar-refractivity contribution in [3.05, 3.63) is 53.6 Å². The molecule has 0 radical (unpaired) electrons. The van der Waals surface area contributed by atoms with Gasteiger partial charge >= 0.3 is 0 Å². The zero-order valence-electron chi connectivity index (χ0n) is 14.1. The molecule has 25 heavy (non-hydrogen) atoms. The number of para-hydroxylation sites is 1. The van der Waals surface area contributed by atoms with Crippen LogP contribution in [0.15, 0.2) is 48.5 Å². The lowest BCUT2D eigenvalue weighted by atomic mass is 10.2. The van der Waals surface area contributed by atoms with Crippen LogP contribution in [0.3, 0.4) is 0 Å². The fraction of sp³-hybridized carbons (Fsp3) is 0.235. The second kappa shape index (κ2) is 7.76. The van der Waals surface area contributed by atoms with Gasteiger partial charge in [0.1, 0.15) is 5.75 Å². The molecule has 0 aromatic heterocycles. The second-order valence-corrected chi connectivity index (χ2v) is 7.87. The van der Waals surface area contributed by atoms with Crippen molar-refractivity contribution < 1.29 is 17.9 Å². The number of hydrogen-bond donors (Lipinski definition) is 1. The van der Waals surface area contributed by atoms with Crippen molar-refractivity contribution in [2.75, 3.05) is 22.9 Å². The molecule has 0 spiro atoms. The van der Waals surface area contributed by atoms with Crippen molar-refractivity contribution in [1.29, 1.82) is 0 Å². The molecule has 0 bridgehead atoms. The van der Waals surface area contributed by atoms with Crippen molar-refractivity contribution in [2.45, 2.75) is 13.0 Å². The second-order valence-electron chi connectivity index (χ2n) is 5.45. The molecule has 2 aromatic carbocycles. The van der Waals surface area contributed by atoms with Crippen LogP contribution in [0.4, 0.5) is 11.4 Å². The van der Waals surface area contributed by atoms with E-state index in [1.807, 2.05) is 0 Å². The summed E-state index contributed by atoms with van der Waals surface area (Å²) in [5, 5.41) is 3.14. The molecule has 0 heterocycles. The summed E-state index contributed by atoms with van der Waals surface area (Å²) in [6.07, 6.45) is 0.369. The molecule has 134 valence electrons. The van der Waals surface area contributed by atoms with Crippen LogP contribution in [0, 0.1) is 0 Å². The molecular weight excluding hydrogens is 364 g/mol. The van der Waals surface area contributed by atoms with Gasteiger partial charge in [-0.2, -0.15) is 0 Å². The normalized spacial score (nSPS) is 12.3. The average Bonchev–Trinajstić information content (AvgIpc) is 2.56. The third-order valence-corrected chi connectivity index (χ3v) is 5.05. The number of anilines is 2. The number of halogens is 1. The van der Waals surface area contributed by atoms with E-state index in [0.29, 0.717) is 22.1 Å². The summed E-state index contributed by atoms with van der Waals surface area (Å²) in [6, 6.07) is 13.3. The van der Waals surface area contributed by atoms with Gasteiger partial charge in [-0.15, -0.1) is 0 Å². The lowest BCUT2D eigenvalue weighted by molar-refractivity contribution is -0.122. The van der Waals surface area contributed by atoms with Gasteiger partial charge in [-0.25, -0.2) is 8.42 Å². The minimum atomic E-state index is -3.33. The van der Waals surface area contributed by atoms with Crippen LogP contribution < -0.4 is 14.4 Å². The van der Waals surface area contributed by atoms with Gasteiger partial charge in [-0.05, 0) is 43.3 Å². The standard InChI is InChI=1S/C17H19ClN2O4S/c1-12(17(21)19-16-7-5-4-6-15(16)18)24-14-10-8-13(9-11-14)20(2)25(3,22)23/h4-12H,1-3H3,(H,19,21)/t12-/m1/s1. The van der Waals surface area contributed by atoms with E-state index in [-0.39, 0.29) is 5.91 Å². The lowest BCUT2D eigenvalue weighted by Crippen LogP contribution is -2.30. The molecule has 2 aromatic rings. The van der Waals surface area contributed by atoms with Gasteiger partial charge in [0.05, 0.1) is 22.7 Å². The average molecular weight is 383 g/mol. The smallest absolute Gasteiger partial charge is 0.265 e. The quantitative estimate of drug-likeness (QED) is 0.832. The van der Waals surface area contributed by atoms with Gasteiger partial charge in [0.2, 0.25) is 10.0 Å². The first-order chi connectivity index (χ1) is 11.7. The Hall–Kier alpha value is -2.25. The summed E-state index contributed by atoms with van der Waals surface area (Å²) in [6.45, 7) is 1.61. The van der Waals surface area contributed by atoms with Crippen LogP contribution in [0.2, 0.25) is 5.02 Å². The summed E-state index contributed by atoms with van der Waals surface area (Å²) >= 11 is 6.01. The highest BCUT2D eigenvalue weighted by Crippen LogP contribution is 2.23. The lowest BCUT2D eigenvalue weighted by Gasteiger charge is -2.18. The Balaban J connectivity index is 2.02. The predicted octanol–water partition coefficient (Wildman–Crippen LogP) is 3.14. The summed E-state index contributed by atoms with van der Waals surface area (Å²) in [5.41, 5.74) is 1.01. The highest BCUT2D eigenvalue weighted by Gasteiger charge is 2.17. The highest BCUT2D eigenvalue weighted by molar-refractivity contribution is 7.92. The fourth-order valence-corrected chi connectivity index (χ4v) is 2.67. The van der Waals surface area contributed by atoms with Crippen molar-refractivity contribution in [3.8, 4) is 5.75 Å². The topological polar surface area (TPSA) is 75.7 Å². The number of ether oxygens (including phenoxy) is 1. The van der Waals surface area contributed by atoms with Crippen molar-refractivity contribution in [1.82, 2.24) is 0 Å². The molecule has 1 atom stereocenters. The molecule has 0 aliphatic rings. The minimum Gasteiger partial charge on any atom is -0.481 e. The number of amides is 1. The number of rotatable bonds is 6. The Bertz CT molecular complexity index is 853. The van der Waals surface area contributed by atoms with E-state index in [4.69, 9.17) is 16.3 Å². The molecular formula is C17H19ClN2O4S.